The number of carbonyl (C=O) groups excluding carboxylic acids is 1. The zero-order chi connectivity index (χ0) is 22.9. The lowest BCUT2D eigenvalue weighted by Crippen LogP contribution is -2.07. The summed E-state index contributed by atoms with van der Waals surface area (Å²) in [7, 11) is 4.73. The molecular weight excluding hydrogens is 404 g/mol. The van der Waals surface area contributed by atoms with Gasteiger partial charge in [0.2, 0.25) is 11.7 Å². The summed E-state index contributed by atoms with van der Waals surface area (Å²) in [6, 6.07) is 18.6. The molecule has 0 aliphatic rings. The first kappa shape index (κ1) is 22.5. The van der Waals surface area contributed by atoms with Gasteiger partial charge in [0.1, 0.15) is 0 Å². The van der Waals surface area contributed by atoms with E-state index in [1.54, 1.807) is 39.5 Å². The fourth-order valence-electron chi connectivity index (χ4n) is 3.13. The third-order valence-corrected chi connectivity index (χ3v) is 4.65. The van der Waals surface area contributed by atoms with Crippen LogP contribution in [0.15, 0.2) is 66.7 Å². The summed E-state index contributed by atoms with van der Waals surface area (Å²) in [4.78, 5) is 12.3. The van der Waals surface area contributed by atoms with Crippen molar-refractivity contribution in [2.24, 2.45) is 0 Å². The zero-order valence-electron chi connectivity index (χ0n) is 18.3. The Balaban J connectivity index is 1.72. The van der Waals surface area contributed by atoms with Gasteiger partial charge in [0, 0.05) is 17.5 Å². The lowest BCUT2D eigenvalue weighted by atomic mass is 10.1. The highest BCUT2D eigenvalue weighted by molar-refractivity contribution is 6.02. The highest BCUT2D eigenvalue weighted by Gasteiger charge is 2.12. The van der Waals surface area contributed by atoms with E-state index in [0.717, 1.165) is 16.7 Å². The number of methoxy groups -OCH3 is 3. The Morgan fingerprint density at radius 3 is 2.03 bits per heavy atom. The molecule has 0 aliphatic heterocycles. The molecule has 0 spiro atoms. The third-order valence-electron chi connectivity index (χ3n) is 4.65. The van der Waals surface area contributed by atoms with Crippen molar-refractivity contribution in [3.05, 3.63) is 83.4 Å². The lowest BCUT2D eigenvalue weighted by molar-refractivity contribution is -0.111. The number of benzene rings is 3. The highest BCUT2D eigenvalue weighted by Crippen LogP contribution is 2.38. The Labute approximate surface area is 187 Å². The molecule has 0 aromatic heterocycles. The van der Waals surface area contributed by atoms with E-state index in [-0.39, 0.29) is 5.91 Å². The monoisotopic (exact) mass is 430 g/mol. The minimum absolute atomic E-state index is 0.224. The largest absolute Gasteiger partial charge is 0.493 e. The fourth-order valence-corrected chi connectivity index (χ4v) is 3.13. The van der Waals surface area contributed by atoms with E-state index in [4.69, 9.17) is 19.9 Å². The van der Waals surface area contributed by atoms with E-state index in [1.807, 2.05) is 60.7 Å². The molecule has 0 bridgehead atoms. The number of hydrogen-bond donors (Lipinski definition) is 2. The van der Waals surface area contributed by atoms with Crippen molar-refractivity contribution in [2.45, 2.75) is 0 Å². The Morgan fingerprint density at radius 2 is 1.41 bits per heavy atom. The van der Waals surface area contributed by atoms with Gasteiger partial charge >= 0.3 is 0 Å². The molecule has 0 fully saturated rings. The van der Waals surface area contributed by atoms with Gasteiger partial charge in [0.15, 0.2) is 11.5 Å². The standard InChI is InChI=1S/C26H26N2O4/c1-30-23-16-20(17-24(31-2)26(23)32-3)11-10-19-7-5-9-22(15-19)28-25(29)13-12-18-6-4-8-21(27)14-18/h4-17H,27H2,1-3H3,(H,28,29)/b11-10?,13-12+. The summed E-state index contributed by atoms with van der Waals surface area (Å²) in [5.74, 6) is 1.49. The van der Waals surface area contributed by atoms with Gasteiger partial charge in [-0.25, -0.2) is 0 Å². The topological polar surface area (TPSA) is 82.8 Å². The molecule has 6 heteroatoms. The second-order valence-electron chi connectivity index (χ2n) is 6.91. The first-order valence-electron chi connectivity index (χ1n) is 9.95. The van der Waals surface area contributed by atoms with E-state index in [9.17, 15) is 4.79 Å². The number of hydrogen-bond acceptors (Lipinski definition) is 5. The van der Waals surface area contributed by atoms with E-state index in [0.29, 0.717) is 28.6 Å². The number of rotatable bonds is 8. The average Bonchev–Trinajstić information content (AvgIpc) is 2.81. The lowest BCUT2D eigenvalue weighted by Gasteiger charge is -2.12. The molecule has 0 radical (unpaired) electrons. The molecule has 164 valence electrons. The Morgan fingerprint density at radius 1 is 0.781 bits per heavy atom. The van der Waals surface area contributed by atoms with Crippen molar-refractivity contribution in [1.29, 1.82) is 0 Å². The fraction of sp³-hybridized carbons (Fsp3) is 0.115. The molecule has 0 aliphatic carbocycles. The number of carbonyl (C=O) groups is 1. The molecule has 3 aromatic rings. The minimum Gasteiger partial charge on any atom is -0.493 e. The van der Waals surface area contributed by atoms with Crippen LogP contribution in [0.3, 0.4) is 0 Å². The molecule has 3 rings (SSSR count). The summed E-state index contributed by atoms with van der Waals surface area (Å²) in [6.07, 6.45) is 7.08. The SMILES string of the molecule is COc1cc(C=Cc2cccc(NC(=O)/C=C/c3cccc(N)c3)c2)cc(OC)c1OC. The average molecular weight is 431 g/mol. The van der Waals surface area contributed by atoms with Gasteiger partial charge in [-0.05, 0) is 59.2 Å². The molecule has 1 amide bonds. The van der Waals surface area contributed by atoms with Crippen molar-refractivity contribution in [3.8, 4) is 17.2 Å². The number of amides is 1. The molecule has 0 saturated heterocycles. The van der Waals surface area contributed by atoms with Gasteiger partial charge < -0.3 is 25.3 Å². The molecule has 0 saturated carbocycles. The van der Waals surface area contributed by atoms with Crippen molar-refractivity contribution in [2.75, 3.05) is 32.4 Å². The molecule has 6 nitrogen and oxygen atoms in total. The van der Waals surface area contributed by atoms with Crippen molar-refractivity contribution in [1.82, 2.24) is 0 Å². The molecular formula is C26H26N2O4. The van der Waals surface area contributed by atoms with Gasteiger partial charge in [0.05, 0.1) is 21.3 Å². The van der Waals surface area contributed by atoms with Crippen molar-refractivity contribution >= 4 is 35.5 Å². The first-order chi connectivity index (χ1) is 15.5. The number of nitrogens with two attached hydrogens (primary N) is 1. The number of nitrogens with one attached hydrogen (secondary N) is 1. The maximum Gasteiger partial charge on any atom is 0.248 e. The van der Waals surface area contributed by atoms with E-state index in [1.165, 1.54) is 6.08 Å². The molecule has 32 heavy (non-hydrogen) atoms. The Hall–Kier alpha value is -4.19. The van der Waals surface area contributed by atoms with E-state index < -0.39 is 0 Å². The van der Waals surface area contributed by atoms with Gasteiger partial charge in [-0.3, -0.25) is 4.79 Å². The van der Waals surface area contributed by atoms with Crippen molar-refractivity contribution in [3.63, 3.8) is 0 Å². The van der Waals surface area contributed by atoms with Crippen LogP contribution in [-0.2, 0) is 4.79 Å². The Bertz CT molecular complexity index is 1130. The maximum absolute atomic E-state index is 12.3. The quantitative estimate of drug-likeness (QED) is 0.295. The second kappa shape index (κ2) is 10.7. The summed E-state index contributed by atoms with van der Waals surface area (Å²) in [6.45, 7) is 0. The summed E-state index contributed by atoms with van der Waals surface area (Å²) in [5.41, 5.74) is 9.79. The van der Waals surface area contributed by atoms with Crippen LogP contribution in [-0.4, -0.2) is 27.2 Å². The Kier molecular flexibility index (Phi) is 7.54. The normalized spacial score (nSPS) is 11.0. The summed E-state index contributed by atoms with van der Waals surface area (Å²) < 4.78 is 16.1. The van der Waals surface area contributed by atoms with Crippen LogP contribution < -0.4 is 25.3 Å². The predicted octanol–water partition coefficient (Wildman–Crippen LogP) is 5.12. The maximum atomic E-state index is 12.3. The third kappa shape index (κ3) is 5.92. The van der Waals surface area contributed by atoms with Crippen LogP contribution in [0.25, 0.3) is 18.2 Å². The number of nitrogen functional groups attached to an aromatic ring is 1. The van der Waals surface area contributed by atoms with E-state index >= 15 is 0 Å². The molecule has 3 N–H and O–H groups in total. The van der Waals surface area contributed by atoms with Gasteiger partial charge in [-0.15, -0.1) is 0 Å². The summed E-state index contributed by atoms with van der Waals surface area (Å²) >= 11 is 0. The van der Waals surface area contributed by atoms with Crippen LogP contribution in [0.2, 0.25) is 0 Å². The van der Waals surface area contributed by atoms with Crippen LogP contribution in [0.4, 0.5) is 11.4 Å². The van der Waals surface area contributed by atoms with Gasteiger partial charge in [-0.2, -0.15) is 0 Å². The second-order valence-corrected chi connectivity index (χ2v) is 6.91. The molecule has 3 aromatic carbocycles. The molecule has 0 heterocycles. The van der Waals surface area contributed by atoms with Crippen LogP contribution in [0, 0.1) is 0 Å². The van der Waals surface area contributed by atoms with Crippen LogP contribution >= 0.6 is 0 Å². The van der Waals surface area contributed by atoms with Crippen LogP contribution in [0.5, 0.6) is 17.2 Å². The summed E-state index contributed by atoms with van der Waals surface area (Å²) in [5, 5.41) is 2.87. The van der Waals surface area contributed by atoms with Crippen molar-refractivity contribution < 1.29 is 19.0 Å². The van der Waals surface area contributed by atoms with Gasteiger partial charge in [0.25, 0.3) is 0 Å². The van der Waals surface area contributed by atoms with Crippen LogP contribution in [0.1, 0.15) is 16.7 Å². The van der Waals surface area contributed by atoms with Gasteiger partial charge in [-0.1, -0.05) is 36.4 Å². The minimum atomic E-state index is -0.224. The predicted molar refractivity (Wildman–Crippen MR) is 130 cm³/mol. The molecule has 0 unspecified atom stereocenters. The molecule has 0 atom stereocenters. The smallest absolute Gasteiger partial charge is 0.248 e. The zero-order valence-corrected chi connectivity index (χ0v) is 18.3. The highest BCUT2D eigenvalue weighted by atomic mass is 16.5. The number of ether oxygens (including phenoxy) is 3. The number of anilines is 2. The van der Waals surface area contributed by atoms with E-state index in [2.05, 4.69) is 5.32 Å². The first-order valence-corrected chi connectivity index (χ1v) is 9.95.